The van der Waals surface area contributed by atoms with Gasteiger partial charge in [0.15, 0.2) is 0 Å². The van der Waals surface area contributed by atoms with Gasteiger partial charge in [0, 0.05) is 32.3 Å². The molecule has 654 valence electrons. The molecular weight excluding hydrogens is 1710 g/mol. The number of hydrogen-bond donors (Lipinski definition) is 0. The summed E-state index contributed by atoms with van der Waals surface area (Å²) >= 11 is 0. The standard InChI is InChI=1S/3C46H28O/c1-2-13-30(14-3-1)44-37-16-6-8-18-39(37)45(40-19-9-7-17-38(40)44)31-25-27-42-41(28-31)46-36(22-11-23-43(46)47-42)34-21-10-20-33-32-15-5-4-12-29(32)24-26-35(33)34;1-2-12-29(13-3-1)45-37-18-8-10-20-39(37)46(40-21-11-9-19-38(40)45)32-23-25-43-42(27-32)36-24-22-31(28-44(36)47-43)41-26-30-14-4-5-15-33(30)34-16-6-7-17-35(34)41;1-2-12-29(13-3-1)45-36-18-8-10-20-38(36)46(39-21-11-9-19-37(39)45)32-23-25-44-42(28-32)41-27-31(22-24-43(41)47-44)40-26-30-14-4-5-15-33(30)34-16-6-7-17-35(34)40/h3*1-28H. The van der Waals surface area contributed by atoms with Crippen LogP contribution in [0.15, 0.2) is 523 Å². The van der Waals surface area contributed by atoms with E-state index in [1.807, 2.05) is 0 Å². The quantitative estimate of drug-likeness (QED) is 0.107. The van der Waals surface area contributed by atoms with Crippen molar-refractivity contribution in [1.82, 2.24) is 0 Å². The van der Waals surface area contributed by atoms with Crippen molar-refractivity contribution >= 4 is 195 Å². The van der Waals surface area contributed by atoms with Crippen LogP contribution >= 0.6 is 0 Å². The van der Waals surface area contributed by atoms with Gasteiger partial charge in [0.05, 0.1) is 0 Å². The van der Waals surface area contributed by atoms with Crippen LogP contribution in [-0.2, 0) is 0 Å². The van der Waals surface area contributed by atoms with Crippen LogP contribution in [0.25, 0.3) is 295 Å². The summed E-state index contributed by atoms with van der Waals surface area (Å²) in [6.07, 6.45) is 0. The predicted octanol–water partition coefficient (Wildman–Crippen LogP) is 39.6. The van der Waals surface area contributed by atoms with Crippen LogP contribution in [0.5, 0.6) is 0 Å². The molecule has 0 amide bonds. The molecule has 0 unspecified atom stereocenters. The average Bonchev–Trinajstić information content (AvgIpc) is 1.69. The van der Waals surface area contributed by atoms with E-state index in [-0.39, 0.29) is 0 Å². The first-order valence-electron chi connectivity index (χ1n) is 48.6. The van der Waals surface area contributed by atoms with Gasteiger partial charge in [-0.2, -0.15) is 0 Å². The SMILES string of the molecule is c1ccc(-c2c3ccccc3c(-c3ccc4oc5cc(-c6cc7ccccc7c7ccccc67)ccc5c4c3)c3ccccc23)cc1.c1ccc(-c2c3ccccc3c(-c3ccc4oc5ccc(-c6cc7ccccc7c7ccccc67)cc5c4c3)c3ccccc23)cc1.c1ccc(-c2c3ccccc3c(-c3ccc4oc5cccc(-c6cccc7c6ccc6ccccc67)c5c4c3)c3ccccc23)cc1. The third-order valence-corrected chi connectivity index (χ3v) is 29.5. The minimum Gasteiger partial charge on any atom is -0.456 e. The minimum atomic E-state index is 0.899. The normalized spacial score (nSPS) is 11.8. The molecule has 0 atom stereocenters. The molecule has 0 aliphatic rings. The highest BCUT2D eigenvalue weighted by molar-refractivity contribution is 6.28. The van der Waals surface area contributed by atoms with Crippen LogP contribution in [0.3, 0.4) is 0 Å². The molecule has 0 bridgehead atoms. The summed E-state index contributed by atoms with van der Waals surface area (Å²) in [7, 11) is 0. The molecule has 3 heterocycles. The fourth-order valence-corrected chi connectivity index (χ4v) is 23.3. The Bertz CT molecular complexity index is 10200. The lowest BCUT2D eigenvalue weighted by atomic mass is 9.85. The van der Waals surface area contributed by atoms with Gasteiger partial charge in [-0.15, -0.1) is 0 Å². The van der Waals surface area contributed by atoms with E-state index >= 15 is 0 Å². The van der Waals surface area contributed by atoms with Crippen molar-refractivity contribution in [3.05, 3.63) is 510 Å². The molecule has 27 aromatic carbocycles. The van der Waals surface area contributed by atoms with Gasteiger partial charge < -0.3 is 13.3 Å². The monoisotopic (exact) mass is 1790 g/mol. The zero-order valence-corrected chi connectivity index (χ0v) is 76.7. The van der Waals surface area contributed by atoms with E-state index < -0.39 is 0 Å². The van der Waals surface area contributed by atoms with Crippen molar-refractivity contribution in [2.45, 2.75) is 0 Å². The van der Waals surface area contributed by atoms with Gasteiger partial charge in [0.2, 0.25) is 0 Å². The fourth-order valence-electron chi connectivity index (χ4n) is 23.3. The van der Waals surface area contributed by atoms with Crippen LogP contribution in [0.1, 0.15) is 0 Å². The van der Waals surface area contributed by atoms with E-state index in [0.29, 0.717) is 0 Å². The summed E-state index contributed by atoms with van der Waals surface area (Å²) in [5, 5.41) is 37.0. The van der Waals surface area contributed by atoms with Crippen molar-refractivity contribution in [2.75, 3.05) is 0 Å². The van der Waals surface area contributed by atoms with Crippen molar-refractivity contribution in [3.63, 3.8) is 0 Å². The molecule has 30 rings (SSSR count). The first-order valence-corrected chi connectivity index (χ1v) is 48.6. The molecule has 30 aromatic rings. The molecule has 3 aromatic heterocycles. The maximum Gasteiger partial charge on any atom is 0.136 e. The van der Waals surface area contributed by atoms with Gasteiger partial charge in [-0.25, -0.2) is 0 Å². The van der Waals surface area contributed by atoms with E-state index in [9.17, 15) is 0 Å². The summed E-state index contributed by atoms with van der Waals surface area (Å²) in [5.74, 6) is 0. The molecule has 0 saturated heterocycles. The van der Waals surface area contributed by atoms with Crippen molar-refractivity contribution < 1.29 is 13.3 Å². The van der Waals surface area contributed by atoms with Gasteiger partial charge in [-0.1, -0.05) is 431 Å². The fraction of sp³-hybridized carbons (Fsp3) is 0. The first-order chi connectivity index (χ1) is 70.0. The predicted molar refractivity (Wildman–Crippen MR) is 600 cm³/mol. The highest BCUT2D eigenvalue weighted by atomic mass is 16.3. The summed E-state index contributed by atoms with van der Waals surface area (Å²) in [6, 6.07) is 184. The van der Waals surface area contributed by atoms with Crippen molar-refractivity contribution in [3.8, 4) is 100 Å². The number of rotatable bonds is 9. The summed E-state index contributed by atoms with van der Waals surface area (Å²) in [5.41, 5.74) is 27.5. The topological polar surface area (TPSA) is 39.4 Å². The molecule has 0 radical (unpaired) electrons. The Labute approximate surface area is 812 Å². The average molecular weight is 1790 g/mol. The second-order valence-corrected chi connectivity index (χ2v) is 37.2. The molecule has 3 heteroatoms. The lowest BCUT2D eigenvalue weighted by Gasteiger charge is -2.17. The van der Waals surface area contributed by atoms with Crippen LogP contribution in [0.2, 0.25) is 0 Å². The molecule has 141 heavy (non-hydrogen) atoms. The second kappa shape index (κ2) is 33.2. The van der Waals surface area contributed by atoms with Gasteiger partial charge in [-0.05, 0) is 308 Å². The Kier molecular flexibility index (Phi) is 19.0. The third kappa shape index (κ3) is 13.3. The largest absolute Gasteiger partial charge is 0.456 e. The molecule has 0 aliphatic heterocycles. The Hall–Kier alpha value is -18.5. The van der Waals surface area contributed by atoms with Gasteiger partial charge in [0.25, 0.3) is 0 Å². The molecular formula is C138H84O3. The Morgan fingerprint density at radius 3 is 0.766 bits per heavy atom. The Morgan fingerprint density at radius 2 is 0.355 bits per heavy atom. The molecule has 3 nitrogen and oxygen atoms in total. The zero-order chi connectivity index (χ0) is 92.7. The Balaban J connectivity index is 0.000000104. The van der Waals surface area contributed by atoms with Crippen LogP contribution in [0.4, 0.5) is 0 Å². The number of fused-ring (bicyclic) bond motifs is 24. The first kappa shape index (κ1) is 80.9. The molecule has 0 N–H and O–H groups in total. The summed E-state index contributed by atoms with van der Waals surface area (Å²) in [4.78, 5) is 0. The van der Waals surface area contributed by atoms with Crippen molar-refractivity contribution in [1.29, 1.82) is 0 Å². The van der Waals surface area contributed by atoms with Crippen LogP contribution < -0.4 is 0 Å². The highest BCUT2D eigenvalue weighted by Crippen LogP contribution is 2.52. The van der Waals surface area contributed by atoms with Gasteiger partial charge in [0.1, 0.15) is 33.5 Å². The minimum absolute atomic E-state index is 0.899. The van der Waals surface area contributed by atoms with Gasteiger partial charge in [-0.3, -0.25) is 0 Å². The summed E-state index contributed by atoms with van der Waals surface area (Å²) in [6.45, 7) is 0. The lowest BCUT2D eigenvalue weighted by molar-refractivity contribution is 0.668. The zero-order valence-electron chi connectivity index (χ0n) is 76.7. The van der Waals surface area contributed by atoms with E-state index in [0.717, 1.165) is 71.4 Å². The number of benzene rings is 27. The summed E-state index contributed by atoms with van der Waals surface area (Å²) < 4.78 is 19.5. The third-order valence-electron chi connectivity index (χ3n) is 29.5. The molecule has 0 spiro atoms. The van der Waals surface area contributed by atoms with E-state index in [4.69, 9.17) is 13.3 Å². The van der Waals surface area contributed by atoms with Crippen LogP contribution in [-0.4, -0.2) is 0 Å². The smallest absolute Gasteiger partial charge is 0.136 e. The maximum absolute atomic E-state index is 6.56. The van der Waals surface area contributed by atoms with Crippen LogP contribution in [0, 0.1) is 0 Å². The van der Waals surface area contributed by atoms with Crippen molar-refractivity contribution in [2.24, 2.45) is 0 Å². The Morgan fingerprint density at radius 1 is 0.0993 bits per heavy atom. The maximum atomic E-state index is 6.56. The number of hydrogen-bond acceptors (Lipinski definition) is 3. The van der Waals surface area contributed by atoms with E-state index in [1.165, 1.54) is 224 Å². The second-order valence-electron chi connectivity index (χ2n) is 37.2. The van der Waals surface area contributed by atoms with E-state index in [1.54, 1.807) is 0 Å². The molecule has 0 saturated carbocycles. The highest BCUT2D eigenvalue weighted by Gasteiger charge is 2.26. The van der Waals surface area contributed by atoms with Gasteiger partial charge >= 0.3 is 0 Å². The van der Waals surface area contributed by atoms with E-state index in [2.05, 4.69) is 510 Å². The molecule has 0 aliphatic carbocycles. The number of furan rings is 3. The molecule has 0 fully saturated rings. The lowest BCUT2D eigenvalue weighted by Crippen LogP contribution is -1.90.